The Balaban J connectivity index is 1.57. The summed E-state index contributed by atoms with van der Waals surface area (Å²) in [7, 11) is 0. The van der Waals surface area contributed by atoms with Crippen LogP contribution in [0.5, 0.6) is 0 Å². The first-order valence-electron chi connectivity index (χ1n) is 10.1. The van der Waals surface area contributed by atoms with E-state index < -0.39 is 16.7 Å². The van der Waals surface area contributed by atoms with Crippen LogP contribution in [0.3, 0.4) is 0 Å². The van der Waals surface area contributed by atoms with Crippen molar-refractivity contribution >= 4 is 28.8 Å². The van der Waals surface area contributed by atoms with Gasteiger partial charge in [0, 0.05) is 29.7 Å². The largest absolute Gasteiger partial charge is 0.421 e. The van der Waals surface area contributed by atoms with Gasteiger partial charge in [-0.05, 0) is 48.6 Å². The normalized spacial score (nSPS) is 14.3. The number of rotatable bonds is 6. The maximum absolute atomic E-state index is 13.5. The van der Waals surface area contributed by atoms with Crippen molar-refractivity contribution in [3.63, 3.8) is 0 Å². The van der Waals surface area contributed by atoms with Crippen LogP contribution in [-0.2, 0) is 6.18 Å². The van der Waals surface area contributed by atoms with E-state index >= 15 is 0 Å². The number of non-ortho nitro benzene ring substituents is 1. The van der Waals surface area contributed by atoms with Crippen LogP contribution in [0.25, 0.3) is 0 Å². The maximum Gasteiger partial charge on any atom is 0.421 e. The second kappa shape index (κ2) is 8.81. The molecule has 10 heteroatoms. The Morgan fingerprint density at radius 1 is 0.938 bits per heavy atom. The van der Waals surface area contributed by atoms with Crippen LogP contribution in [0.4, 0.5) is 42.0 Å². The first kappa shape index (κ1) is 21.5. The maximum atomic E-state index is 13.5. The summed E-state index contributed by atoms with van der Waals surface area (Å²) in [5, 5.41) is 16.3. The van der Waals surface area contributed by atoms with E-state index in [0.29, 0.717) is 23.5 Å². The van der Waals surface area contributed by atoms with Gasteiger partial charge in [0.25, 0.3) is 5.69 Å². The van der Waals surface area contributed by atoms with Crippen molar-refractivity contribution in [2.75, 3.05) is 10.6 Å². The van der Waals surface area contributed by atoms with Crippen LogP contribution in [0.2, 0.25) is 0 Å². The molecule has 0 aliphatic heterocycles. The fraction of sp³-hybridized carbons (Fsp3) is 0.273. The molecular formula is C22H20F3N5O2. The van der Waals surface area contributed by atoms with E-state index in [1.807, 2.05) is 12.1 Å². The van der Waals surface area contributed by atoms with Gasteiger partial charge >= 0.3 is 6.18 Å². The average Bonchev–Trinajstić information content (AvgIpc) is 3.29. The van der Waals surface area contributed by atoms with Crippen LogP contribution in [0, 0.1) is 10.1 Å². The smallest absolute Gasteiger partial charge is 0.340 e. The van der Waals surface area contributed by atoms with E-state index in [9.17, 15) is 23.3 Å². The first-order valence-corrected chi connectivity index (χ1v) is 10.1. The molecule has 1 aromatic heterocycles. The third kappa shape index (κ3) is 4.96. The highest BCUT2D eigenvalue weighted by Crippen LogP contribution is 2.37. The molecule has 2 aromatic carbocycles. The molecule has 7 nitrogen and oxygen atoms in total. The van der Waals surface area contributed by atoms with Crippen LogP contribution >= 0.6 is 0 Å². The van der Waals surface area contributed by atoms with Gasteiger partial charge in [-0.25, -0.2) is 4.98 Å². The molecule has 1 saturated carbocycles. The van der Waals surface area contributed by atoms with Gasteiger partial charge in [0.15, 0.2) is 0 Å². The van der Waals surface area contributed by atoms with Crippen molar-refractivity contribution in [3.05, 3.63) is 76.0 Å². The minimum atomic E-state index is -4.64. The Morgan fingerprint density at radius 2 is 1.53 bits per heavy atom. The van der Waals surface area contributed by atoms with E-state index in [0.717, 1.165) is 12.8 Å². The predicted octanol–water partition coefficient (Wildman–Crippen LogP) is 6.55. The zero-order chi connectivity index (χ0) is 22.7. The van der Waals surface area contributed by atoms with Crippen LogP contribution in [0.1, 0.15) is 42.7 Å². The van der Waals surface area contributed by atoms with E-state index in [2.05, 4.69) is 20.6 Å². The predicted molar refractivity (Wildman–Crippen MR) is 114 cm³/mol. The summed E-state index contributed by atoms with van der Waals surface area (Å²) in [6, 6.07) is 12.8. The quantitative estimate of drug-likeness (QED) is 0.332. The summed E-state index contributed by atoms with van der Waals surface area (Å²) in [6.45, 7) is 0. The molecule has 1 aliphatic rings. The highest BCUT2D eigenvalue weighted by atomic mass is 19.4. The Kier molecular flexibility index (Phi) is 5.93. The first-order chi connectivity index (χ1) is 15.3. The minimum absolute atomic E-state index is 0.0723. The zero-order valence-electron chi connectivity index (χ0n) is 16.9. The lowest BCUT2D eigenvalue weighted by Crippen LogP contribution is -2.12. The summed E-state index contributed by atoms with van der Waals surface area (Å²) in [5.41, 5.74) is 0.977. The summed E-state index contributed by atoms with van der Waals surface area (Å²) >= 11 is 0. The lowest BCUT2D eigenvalue weighted by Gasteiger charge is -2.16. The number of nitrogens with zero attached hydrogens (tertiary/aromatic N) is 3. The number of aromatic nitrogens is 2. The molecule has 0 amide bonds. The molecule has 4 rings (SSSR count). The van der Waals surface area contributed by atoms with Gasteiger partial charge in [-0.2, -0.15) is 18.2 Å². The van der Waals surface area contributed by atoms with Crippen molar-refractivity contribution in [1.82, 2.24) is 9.97 Å². The Bertz CT molecular complexity index is 1100. The van der Waals surface area contributed by atoms with Crippen LogP contribution in [-0.4, -0.2) is 14.9 Å². The van der Waals surface area contributed by atoms with Crippen molar-refractivity contribution in [2.45, 2.75) is 37.8 Å². The van der Waals surface area contributed by atoms with Crippen molar-refractivity contribution < 1.29 is 18.1 Å². The summed E-state index contributed by atoms with van der Waals surface area (Å²) in [6.07, 6.45) is 0.729. The standard InChI is InChI=1S/C22H20F3N5O2/c23-22(24,25)19-13-26-21(28-17-9-11-18(12-10-17)30(31)32)29-20(19)27-16-7-5-15(6-8-16)14-3-1-2-4-14/h5-14H,1-4H2,(H2,26,27,28,29). The molecule has 3 aromatic rings. The van der Waals surface area contributed by atoms with E-state index in [4.69, 9.17) is 0 Å². The Labute approximate surface area is 181 Å². The van der Waals surface area contributed by atoms with Crippen molar-refractivity contribution in [2.24, 2.45) is 0 Å². The molecule has 1 fully saturated rings. The third-order valence-electron chi connectivity index (χ3n) is 5.43. The van der Waals surface area contributed by atoms with E-state index in [1.54, 1.807) is 12.1 Å². The SMILES string of the molecule is O=[N+]([O-])c1ccc(Nc2ncc(C(F)(F)F)c(Nc3ccc(C4CCCC4)cc3)n2)cc1. The summed E-state index contributed by atoms with van der Waals surface area (Å²) < 4.78 is 40.5. The van der Waals surface area contributed by atoms with Crippen LogP contribution < -0.4 is 10.6 Å². The number of hydrogen-bond acceptors (Lipinski definition) is 6. The second-order valence-electron chi connectivity index (χ2n) is 7.61. The molecule has 0 saturated heterocycles. The molecule has 166 valence electrons. The number of nitro groups is 1. The Hall–Kier alpha value is -3.69. The number of anilines is 4. The summed E-state index contributed by atoms with van der Waals surface area (Å²) in [4.78, 5) is 18.0. The van der Waals surface area contributed by atoms with Gasteiger partial charge in [0.1, 0.15) is 11.4 Å². The lowest BCUT2D eigenvalue weighted by atomic mass is 9.97. The number of benzene rings is 2. The third-order valence-corrected chi connectivity index (χ3v) is 5.43. The number of nitro benzene ring substituents is 1. The van der Waals surface area contributed by atoms with Crippen LogP contribution in [0.15, 0.2) is 54.7 Å². The monoisotopic (exact) mass is 443 g/mol. The highest BCUT2D eigenvalue weighted by Gasteiger charge is 2.35. The minimum Gasteiger partial charge on any atom is -0.340 e. The Morgan fingerprint density at radius 3 is 2.12 bits per heavy atom. The van der Waals surface area contributed by atoms with Gasteiger partial charge < -0.3 is 10.6 Å². The molecule has 0 atom stereocenters. The van der Waals surface area contributed by atoms with Gasteiger partial charge in [0.05, 0.1) is 4.92 Å². The topological polar surface area (TPSA) is 93.0 Å². The molecule has 32 heavy (non-hydrogen) atoms. The number of hydrogen-bond donors (Lipinski definition) is 2. The van der Waals surface area contributed by atoms with Gasteiger partial charge in [-0.3, -0.25) is 10.1 Å². The zero-order valence-corrected chi connectivity index (χ0v) is 16.9. The van der Waals surface area contributed by atoms with E-state index in [1.165, 1.54) is 42.7 Å². The number of nitrogens with one attached hydrogen (secondary N) is 2. The molecule has 0 radical (unpaired) electrons. The molecule has 0 spiro atoms. The molecule has 0 unspecified atom stereocenters. The second-order valence-corrected chi connectivity index (χ2v) is 7.61. The fourth-order valence-corrected chi connectivity index (χ4v) is 3.77. The molecule has 1 aliphatic carbocycles. The fourth-order valence-electron chi connectivity index (χ4n) is 3.77. The lowest BCUT2D eigenvalue weighted by molar-refractivity contribution is -0.384. The van der Waals surface area contributed by atoms with E-state index in [-0.39, 0.29) is 17.5 Å². The molecular weight excluding hydrogens is 423 g/mol. The average molecular weight is 443 g/mol. The van der Waals surface area contributed by atoms with Gasteiger partial charge in [-0.1, -0.05) is 25.0 Å². The van der Waals surface area contributed by atoms with Gasteiger partial charge in [-0.15, -0.1) is 0 Å². The van der Waals surface area contributed by atoms with Gasteiger partial charge in [0.2, 0.25) is 5.95 Å². The number of halogens is 3. The summed E-state index contributed by atoms with van der Waals surface area (Å²) in [5.74, 6) is 0.0498. The number of alkyl halides is 3. The van der Waals surface area contributed by atoms with Crippen molar-refractivity contribution in [3.8, 4) is 0 Å². The highest BCUT2D eigenvalue weighted by molar-refractivity contribution is 5.63. The molecule has 1 heterocycles. The van der Waals surface area contributed by atoms with Crippen molar-refractivity contribution in [1.29, 1.82) is 0 Å². The molecule has 2 N–H and O–H groups in total. The molecule has 0 bridgehead atoms.